The molecule has 1 fully saturated rings. The molecule has 0 radical (unpaired) electrons. The number of nitrogens with zero attached hydrogens (tertiary/aromatic N) is 1. The summed E-state index contributed by atoms with van der Waals surface area (Å²) in [6.45, 7) is 9.01. The van der Waals surface area contributed by atoms with Gasteiger partial charge in [0, 0.05) is 30.7 Å². The summed E-state index contributed by atoms with van der Waals surface area (Å²) in [4.78, 5) is 13.7. The Labute approximate surface area is 187 Å². The smallest absolute Gasteiger partial charge is 0.264 e. The van der Waals surface area contributed by atoms with Crippen LogP contribution in [0.1, 0.15) is 36.5 Å². The zero-order valence-corrected chi connectivity index (χ0v) is 19.7. The van der Waals surface area contributed by atoms with E-state index in [0.717, 1.165) is 48.3 Å². The van der Waals surface area contributed by atoms with E-state index in [1.54, 1.807) is 0 Å². The summed E-state index contributed by atoms with van der Waals surface area (Å²) >= 11 is 12.3. The summed E-state index contributed by atoms with van der Waals surface area (Å²) in [5.74, 6) is -0.435. The zero-order valence-electron chi connectivity index (χ0n) is 17.4. The second-order valence-corrected chi connectivity index (χ2v) is 10.1. The molecule has 2 N–H and O–H groups in total. The maximum Gasteiger partial charge on any atom is 0.264 e. The first-order valence-electron chi connectivity index (χ1n) is 9.66. The molecule has 6 nitrogen and oxygen atoms in total. The lowest BCUT2D eigenvalue weighted by Crippen LogP contribution is -2.22. The fourth-order valence-corrected chi connectivity index (χ4v) is 6.07. The minimum Gasteiger partial charge on any atom is -0.371 e. The fraction of sp³-hybridized carbons (Fsp3) is 0.381. The molecule has 162 valence electrons. The third-order valence-corrected chi connectivity index (χ3v) is 7.09. The molecule has 9 heteroatoms. The summed E-state index contributed by atoms with van der Waals surface area (Å²) in [7, 11) is -4.08. The van der Waals surface area contributed by atoms with Crippen LogP contribution in [0.5, 0.6) is 0 Å². The number of rotatable bonds is 5. The molecule has 1 saturated heterocycles. The molecule has 2 aromatic rings. The molecule has 0 bridgehead atoms. The van der Waals surface area contributed by atoms with Crippen LogP contribution in [0.4, 0.5) is 17.1 Å². The van der Waals surface area contributed by atoms with Crippen LogP contribution in [0.15, 0.2) is 23.1 Å². The second-order valence-electron chi connectivity index (χ2n) is 7.60. The number of hydrogen-bond acceptors (Lipinski definition) is 4. The van der Waals surface area contributed by atoms with Gasteiger partial charge in [0.05, 0.1) is 16.4 Å². The molecule has 0 spiro atoms. The van der Waals surface area contributed by atoms with Gasteiger partial charge < -0.3 is 10.2 Å². The normalized spacial score (nSPS) is 14.1. The van der Waals surface area contributed by atoms with Crippen molar-refractivity contribution in [2.75, 3.05) is 28.0 Å². The van der Waals surface area contributed by atoms with Gasteiger partial charge in [0.15, 0.2) is 0 Å². The molecule has 0 aliphatic carbocycles. The number of carbonyl (C=O) groups excluding carboxylic acids is 1. The molecule has 2 aromatic carbocycles. The number of nitrogens with one attached hydrogen (secondary N) is 2. The van der Waals surface area contributed by atoms with Crippen molar-refractivity contribution in [1.82, 2.24) is 0 Å². The van der Waals surface area contributed by atoms with Gasteiger partial charge in [0.2, 0.25) is 5.91 Å². The molecule has 0 atom stereocenters. The van der Waals surface area contributed by atoms with E-state index in [1.807, 2.05) is 26.8 Å². The fourth-order valence-electron chi connectivity index (χ4n) is 4.01. The van der Waals surface area contributed by atoms with Gasteiger partial charge in [0.25, 0.3) is 10.0 Å². The molecular weight excluding hydrogens is 445 g/mol. The predicted octanol–water partition coefficient (Wildman–Crippen LogP) is 5.28. The lowest BCUT2D eigenvalue weighted by molar-refractivity contribution is -0.114. The Bertz CT molecular complexity index is 1110. The molecule has 3 rings (SSSR count). The van der Waals surface area contributed by atoms with E-state index in [4.69, 9.17) is 23.2 Å². The summed E-state index contributed by atoms with van der Waals surface area (Å²) in [5.41, 5.74) is 4.37. The Morgan fingerprint density at radius 2 is 1.63 bits per heavy atom. The molecule has 1 amide bonds. The van der Waals surface area contributed by atoms with Crippen molar-refractivity contribution in [3.63, 3.8) is 0 Å². The highest BCUT2D eigenvalue weighted by molar-refractivity contribution is 7.93. The van der Waals surface area contributed by atoms with E-state index in [9.17, 15) is 13.2 Å². The molecule has 1 aliphatic rings. The number of amides is 1. The van der Waals surface area contributed by atoms with Crippen LogP contribution in [0.25, 0.3) is 0 Å². The topological polar surface area (TPSA) is 78.5 Å². The van der Waals surface area contributed by atoms with Gasteiger partial charge in [-0.3, -0.25) is 9.52 Å². The highest BCUT2D eigenvalue weighted by Crippen LogP contribution is 2.38. The van der Waals surface area contributed by atoms with E-state index < -0.39 is 15.9 Å². The van der Waals surface area contributed by atoms with Crippen molar-refractivity contribution in [3.05, 3.63) is 44.9 Å². The molecule has 0 unspecified atom stereocenters. The highest BCUT2D eigenvalue weighted by atomic mass is 35.5. The summed E-state index contributed by atoms with van der Waals surface area (Å²) in [6.07, 6.45) is 2.24. The predicted molar refractivity (Wildman–Crippen MR) is 124 cm³/mol. The van der Waals surface area contributed by atoms with E-state index in [2.05, 4.69) is 14.9 Å². The average molecular weight is 470 g/mol. The average Bonchev–Trinajstić information content (AvgIpc) is 3.14. The van der Waals surface area contributed by atoms with E-state index in [0.29, 0.717) is 5.69 Å². The lowest BCUT2D eigenvalue weighted by Gasteiger charge is -2.26. The van der Waals surface area contributed by atoms with Crippen molar-refractivity contribution in [2.24, 2.45) is 0 Å². The van der Waals surface area contributed by atoms with Crippen molar-refractivity contribution < 1.29 is 13.2 Å². The first-order valence-corrected chi connectivity index (χ1v) is 11.9. The summed E-state index contributed by atoms with van der Waals surface area (Å²) in [6, 6.07) is 4.65. The standard InChI is InChI=1S/C21H25Cl2N3O3S/c1-12-9-13(2)21(26-7-5-6-8-26)14(3)19(12)25-30(28,29)18-11-16(22)10-17(23)20(18)24-15(4)27/h9-11,25H,5-8H2,1-4H3,(H,24,27). The lowest BCUT2D eigenvalue weighted by atomic mass is 10.0. The van der Waals surface area contributed by atoms with Crippen molar-refractivity contribution in [3.8, 4) is 0 Å². The number of benzene rings is 2. The van der Waals surface area contributed by atoms with Gasteiger partial charge in [-0.1, -0.05) is 29.3 Å². The number of anilines is 3. The Morgan fingerprint density at radius 1 is 1.00 bits per heavy atom. The number of halogens is 2. The largest absolute Gasteiger partial charge is 0.371 e. The van der Waals surface area contributed by atoms with Crippen LogP contribution in [0.3, 0.4) is 0 Å². The molecule has 30 heavy (non-hydrogen) atoms. The zero-order chi connectivity index (χ0) is 22.2. The Morgan fingerprint density at radius 3 is 2.23 bits per heavy atom. The Balaban J connectivity index is 2.11. The summed E-state index contributed by atoms with van der Waals surface area (Å²) < 4.78 is 29.4. The van der Waals surface area contributed by atoms with Gasteiger partial charge >= 0.3 is 0 Å². The highest BCUT2D eigenvalue weighted by Gasteiger charge is 2.26. The minimum atomic E-state index is -4.08. The van der Waals surface area contributed by atoms with Crippen LogP contribution in [-0.4, -0.2) is 27.4 Å². The van der Waals surface area contributed by atoms with Gasteiger partial charge in [-0.2, -0.15) is 0 Å². The monoisotopic (exact) mass is 469 g/mol. The number of carbonyl (C=O) groups is 1. The van der Waals surface area contributed by atoms with Crippen molar-refractivity contribution in [1.29, 1.82) is 0 Å². The Kier molecular flexibility index (Phi) is 6.55. The third-order valence-electron chi connectivity index (χ3n) is 5.20. The van der Waals surface area contributed by atoms with Crippen molar-refractivity contribution in [2.45, 2.75) is 45.4 Å². The third kappa shape index (κ3) is 4.53. The maximum atomic E-state index is 13.3. The summed E-state index contributed by atoms with van der Waals surface area (Å²) in [5, 5.41) is 2.70. The van der Waals surface area contributed by atoms with Gasteiger partial charge in [0.1, 0.15) is 4.90 Å². The van der Waals surface area contributed by atoms with Crippen LogP contribution in [0, 0.1) is 20.8 Å². The van der Waals surface area contributed by atoms with E-state index in [-0.39, 0.29) is 20.6 Å². The minimum absolute atomic E-state index is 0.00301. The molecule has 0 saturated carbocycles. The first kappa shape index (κ1) is 22.7. The van der Waals surface area contributed by atoms with Crippen LogP contribution in [-0.2, 0) is 14.8 Å². The number of aryl methyl sites for hydroxylation is 2. The van der Waals surface area contributed by atoms with Crippen LogP contribution < -0.4 is 14.9 Å². The quantitative estimate of drug-likeness (QED) is 0.624. The molecule has 0 aromatic heterocycles. The molecule has 1 aliphatic heterocycles. The SMILES string of the molecule is CC(=O)Nc1c(Cl)cc(Cl)cc1S(=O)(=O)Nc1c(C)cc(C)c(N2CCCC2)c1C. The second kappa shape index (κ2) is 8.65. The maximum absolute atomic E-state index is 13.3. The van der Waals surface area contributed by atoms with E-state index in [1.165, 1.54) is 19.1 Å². The van der Waals surface area contributed by atoms with Crippen LogP contribution >= 0.6 is 23.2 Å². The number of sulfonamides is 1. The van der Waals surface area contributed by atoms with Gasteiger partial charge in [-0.05, 0) is 62.4 Å². The first-order chi connectivity index (χ1) is 14.0. The van der Waals surface area contributed by atoms with Gasteiger partial charge in [-0.15, -0.1) is 0 Å². The van der Waals surface area contributed by atoms with Crippen LogP contribution in [0.2, 0.25) is 10.0 Å². The van der Waals surface area contributed by atoms with Crippen molar-refractivity contribution >= 4 is 56.2 Å². The molecular formula is C21H25Cl2N3O3S. The molecule has 1 heterocycles. The number of hydrogen-bond donors (Lipinski definition) is 2. The van der Waals surface area contributed by atoms with E-state index >= 15 is 0 Å². The van der Waals surface area contributed by atoms with Gasteiger partial charge in [-0.25, -0.2) is 8.42 Å². The Hall–Kier alpha value is -1.96.